The highest BCUT2D eigenvalue weighted by atomic mass is 32.1. The number of thiazole rings is 1. The molecule has 1 aliphatic carbocycles. The van der Waals surface area contributed by atoms with Crippen LogP contribution in [0.25, 0.3) is 0 Å². The number of nitrogens with two attached hydrogens (primary N) is 1. The Hall–Kier alpha value is -0.450. The van der Waals surface area contributed by atoms with Gasteiger partial charge in [0.2, 0.25) is 0 Å². The molecule has 0 radical (unpaired) electrons. The number of likely N-dealkylation sites (N-methyl/N-ethyl adjacent to an activating group) is 1. The number of hydrogen-bond acceptors (Lipinski definition) is 4. The maximum absolute atomic E-state index is 6.58. The first-order valence-corrected chi connectivity index (χ1v) is 7.73. The van der Waals surface area contributed by atoms with Crippen molar-refractivity contribution in [1.82, 2.24) is 9.88 Å². The quantitative estimate of drug-likeness (QED) is 0.911. The van der Waals surface area contributed by atoms with Gasteiger partial charge in [0.15, 0.2) is 0 Å². The van der Waals surface area contributed by atoms with Crippen molar-refractivity contribution in [2.75, 3.05) is 14.1 Å². The molecule has 2 N–H and O–H groups in total. The average Bonchev–Trinajstić information content (AvgIpc) is 2.81. The second-order valence-electron chi connectivity index (χ2n) is 5.98. The van der Waals surface area contributed by atoms with Crippen LogP contribution in [0.2, 0.25) is 0 Å². The summed E-state index contributed by atoms with van der Waals surface area (Å²) in [7, 11) is 4.37. The Bertz CT molecular complexity index is 363. The van der Waals surface area contributed by atoms with Crippen LogP contribution in [-0.4, -0.2) is 35.6 Å². The summed E-state index contributed by atoms with van der Waals surface area (Å²) in [5.41, 5.74) is 8.64. The van der Waals surface area contributed by atoms with E-state index in [1.807, 2.05) is 11.7 Å². The minimum atomic E-state index is 0.168. The summed E-state index contributed by atoms with van der Waals surface area (Å²) in [6, 6.07) is 0.204. The van der Waals surface area contributed by atoms with Crippen LogP contribution in [-0.2, 0) is 6.42 Å². The topological polar surface area (TPSA) is 42.1 Å². The normalized spacial score (nSPS) is 30.6. The molecule has 102 valence electrons. The molecule has 0 aliphatic heterocycles. The molecule has 3 nitrogen and oxygen atoms in total. The molecule has 1 aromatic rings. The van der Waals surface area contributed by atoms with Crippen LogP contribution in [0.4, 0.5) is 0 Å². The molecule has 3 unspecified atom stereocenters. The van der Waals surface area contributed by atoms with E-state index in [9.17, 15) is 0 Å². The van der Waals surface area contributed by atoms with Gasteiger partial charge in [-0.25, -0.2) is 0 Å². The molecule has 0 saturated heterocycles. The maximum Gasteiger partial charge on any atom is 0.0794 e. The minimum Gasteiger partial charge on any atom is -0.326 e. The first-order chi connectivity index (χ1) is 8.54. The van der Waals surface area contributed by atoms with Crippen molar-refractivity contribution in [3.8, 4) is 0 Å². The second-order valence-corrected chi connectivity index (χ2v) is 6.95. The third kappa shape index (κ3) is 2.76. The van der Waals surface area contributed by atoms with Gasteiger partial charge in [-0.15, -0.1) is 11.3 Å². The molecule has 2 rings (SSSR count). The number of nitrogens with zero attached hydrogens (tertiary/aromatic N) is 2. The molecule has 3 atom stereocenters. The fraction of sp³-hybridized carbons (Fsp3) is 0.786. The van der Waals surface area contributed by atoms with Crippen LogP contribution in [0.1, 0.15) is 37.5 Å². The molecule has 4 heteroatoms. The van der Waals surface area contributed by atoms with Crippen molar-refractivity contribution >= 4 is 11.3 Å². The fourth-order valence-electron chi connectivity index (χ4n) is 3.39. The summed E-state index contributed by atoms with van der Waals surface area (Å²) < 4.78 is 0. The largest absolute Gasteiger partial charge is 0.326 e. The molecular weight excluding hydrogens is 242 g/mol. The monoisotopic (exact) mass is 267 g/mol. The Labute approximate surface area is 114 Å². The number of aromatic nitrogens is 1. The zero-order valence-electron chi connectivity index (χ0n) is 11.7. The lowest BCUT2D eigenvalue weighted by Crippen LogP contribution is -2.60. The SMILES string of the molecule is CC1CCCC(C(N)Cc2cncs2)(N(C)C)C1. The van der Waals surface area contributed by atoms with E-state index in [0.717, 1.165) is 12.3 Å². The van der Waals surface area contributed by atoms with Gasteiger partial charge in [-0.2, -0.15) is 0 Å². The van der Waals surface area contributed by atoms with E-state index >= 15 is 0 Å². The molecular formula is C14H25N3S. The predicted molar refractivity (Wildman–Crippen MR) is 77.8 cm³/mol. The summed E-state index contributed by atoms with van der Waals surface area (Å²) in [6.45, 7) is 2.36. The Balaban J connectivity index is 2.13. The Kier molecular flexibility index (Phi) is 4.41. The van der Waals surface area contributed by atoms with Gasteiger partial charge in [0.25, 0.3) is 0 Å². The number of hydrogen-bond donors (Lipinski definition) is 1. The van der Waals surface area contributed by atoms with Crippen molar-refractivity contribution in [2.45, 2.75) is 50.6 Å². The van der Waals surface area contributed by atoms with Crippen LogP contribution >= 0.6 is 11.3 Å². The van der Waals surface area contributed by atoms with Crippen molar-refractivity contribution in [2.24, 2.45) is 11.7 Å². The highest BCUT2D eigenvalue weighted by Gasteiger charge is 2.41. The van der Waals surface area contributed by atoms with Gasteiger partial charge in [-0.1, -0.05) is 19.8 Å². The fourth-order valence-corrected chi connectivity index (χ4v) is 4.04. The highest BCUT2D eigenvalue weighted by molar-refractivity contribution is 7.09. The maximum atomic E-state index is 6.58. The average molecular weight is 267 g/mol. The van der Waals surface area contributed by atoms with Crippen LogP contribution in [0, 0.1) is 5.92 Å². The number of rotatable bonds is 4. The molecule has 1 aliphatic rings. The van der Waals surface area contributed by atoms with Crippen molar-refractivity contribution in [3.05, 3.63) is 16.6 Å². The van der Waals surface area contributed by atoms with Crippen LogP contribution < -0.4 is 5.73 Å². The van der Waals surface area contributed by atoms with Crippen LogP contribution in [0.3, 0.4) is 0 Å². The molecule has 1 saturated carbocycles. The van der Waals surface area contributed by atoms with Crippen molar-refractivity contribution < 1.29 is 0 Å². The second kappa shape index (κ2) is 5.68. The lowest BCUT2D eigenvalue weighted by molar-refractivity contribution is 0.0506. The molecule has 18 heavy (non-hydrogen) atoms. The molecule has 0 spiro atoms. The molecule has 1 aromatic heterocycles. The highest BCUT2D eigenvalue weighted by Crippen LogP contribution is 2.38. The molecule has 0 aromatic carbocycles. The summed E-state index contributed by atoms with van der Waals surface area (Å²) in [6.07, 6.45) is 8.01. The van der Waals surface area contributed by atoms with Crippen molar-refractivity contribution in [3.63, 3.8) is 0 Å². The minimum absolute atomic E-state index is 0.168. The Morgan fingerprint density at radius 1 is 1.61 bits per heavy atom. The smallest absolute Gasteiger partial charge is 0.0794 e. The summed E-state index contributed by atoms with van der Waals surface area (Å²) in [5.74, 6) is 0.786. The van der Waals surface area contributed by atoms with Gasteiger partial charge in [0.1, 0.15) is 0 Å². The van der Waals surface area contributed by atoms with Crippen LogP contribution in [0.15, 0.2) is 11.7 Å². The van der Waals surface area contributed by atoms with Gasteiger partial charge in [-0.3, -0.25) is 4.98 Å². The van der Waals surface area contributed by atoms with Gasteiger partial charge in [-0.05, 0) is 32.9 Å². The lowest BCUT2D eigenvalue weighted by Gasteiger charge is -2.49. The van der Waals surface area contributed by atoms with E-state index in [-0.39, 0.29) is 11.6 Å². The zero-order chi connectivity index (χ0) is 13.2. The van der Waals surface area contributed by atoms with Gasteiger partial charge >= 0.3 is 0 Å². The first kappa shape index (κ1) is 14.0. The van der Waals surface area contributed by atoms with Gasteiger partial charge < -0.3 is 10.6 Å². The standard InChI is InChI=1S/C14H25N3S/c1-11-5-4-6-14(8-11,17(2)3)13(15)7-12-9-16-10-18-12/h9-11,13H,4-8,15H2,1-3H3. The van der Waals surface area contributed by atoms with Gasteiger partial charge in [0, 0.05) is 29.1 Å². The lowest BCUT2D eigenvalue weighted by atomic mass is 9.70. The molecule has 1 heterocycles. The van der Waals surface area contributed by atoms with E-state index in [0.29, 0.717) is 0 Å². The van der Waals surface area contributed by atoms with E-state index in [1.165, 1.54) is 30.6 Å². The molecule has 0 amide bonds. The summed E-state index contributed by atoms with van der Waals surface area (Å²) in [4.78, 5) is 7.83. The van der Waals surface area contributed by atoms with Gasteiger partial charge in [0.05, 0.1) is 5.51 Å². The Morgan fingerprint density at radius 3 is 2.94 bits per heavy atom. The Morgan fingerprint density at radius 2 is 2.39 bits per heavy atom. The van der Waals surface area contributed by atoms with E-state index in [1.54, 1.807) is 11.3 Å². The third-order valence-corrected chi connectivity index (χ3v) is 5.30. The molecule has 0 bridgehead atoms. The van der Waals surface area contributed by atoms with Crippen molar-refractivity contribution in [1.29, 1.82) is 0 Å². The van der Waals surface area contributed by atoms with E-state index in [4.69, 9.17) is 5.73 Å². The predicted octanol–water partition coefficient (Wildman–Crippen LogP) is 2.52. The van der Waals surface area contributed by atoms with E-state index < -0.39 is 0 Å². The summed E-state index contributed by atoms with van der Waals surface area (Å²) in [5, 5.41) is 0. The zero-order valence-corrected chi connectivity index (χ0v) is 12.5. The van der Waals surface area contributed by atoms with Crippen LogP contribution in [0.5, 0.6) is 0 Å². The molecule has 1 fully saturated rings. The third-order valence-electron chi connectivity index (χ3n) is 4.49. The summed E-state index contributed by atoms with van der Waals surface area (Å²) >= 11 is 1.72. The first-order valence-electron chi connectivity index (χ1n) is 6.85. The van der Waals surface area contributed by atoms with E-state index in [2.05, 4.69) is 30.9 Å².